The number of halogens is 1. The summed E-state index contributed by atoms with van der Waals surface area (Å²) in [5, 5.41) is 0. The first kappa shape index (κ1) is 13.5. The molecule has 0 saturated heterocycles. The van der Waals surface area contributed by atoms with Crippen molar-refractivity contribution in [3.63, 3.8) is 0 Å². The summed E-state index contributed by atoms with van der Waals surface area (Å²) in [6.07, 6.45) is 2.31. The second kappa shape index (κ2) is 5.15. The Kier molecular flexibility index (Phi) is 3.48. The van der Waals surface area contributed by atoms with Crippen LogP contribution in [0.2, 0.25) is 0 Å². The normalized spacial score (nSPS) is 15.9. The standard InChI is InChI=1S/C17H16BrNO/c18-15-7-3-13(4-8-15)16(20)12-1-5-14(6-2-12)17(11-19)9-10-17/h1-8H,9-11,19H2. The molecule has 0 radical (unpaired) electrons. The molecule has 2 nitrogen and oxygen atoms in total. The number of nitrogens with two attached hydrogens (primary N) is 1. The van der Waals surface area contributed by atoms with Crippen LogP contribution in [0.4, 0.5) is 0 Å². The first-order chi connectivity index (χ1) is 9.64. The number of ketones is 1. The first-order valence-electron chi connectivity index (χ1n) is 6.75. The van der Waals surface area contributed by atoms with Crippen molar-refractivity contribution >= 4 is 21.7 Å². The zero-order valence-corrected chi connectivity index (χ0v) is 12.7. The Balaban J connectivity index is 1.84. The van der Waals surface area contributed by atoms with E-state index in [2.05, 4.69) is 15.9 Å². The average molecular weight is 330 g/mol. The molecule has 1 aliphatic carbocycles. The monoisotopic (exact) mass is 329 g/mol. The largest absolute Gasteiger partial charge is 0.330 e. The molecule has 2 aromatic carbocycles. The third kappa shape index (κ3) is 2.43. The maximum absolute atomic E-state index is 12.4. The van der Waals surface area contributed by atoms with Crippen LogP contribution in [0, 0.1) is 0 Å². The topological polar surface area (TPSA) is 43.1 Å². The molecule has 0 heterocycles. The highest BCUT2D eigenvalue weighted by Crippen LogP contribution is 2.47. The lowest BCUT2D eigenvalue weighted by molar-refractivity contribution is 0.103. The molecule has 1 aliphatic rings. The minimum atomic E-state index is 0.0571. The molecule has 3 heteroatoms. The summed E-state index contributed by atoms with van der Waals surface area (Å²) in [5.41, 5.74) is 8.70. The SMILES string of the molecule is NCC1(c2ccc(C(=O)c3ccc(Br)cc3)cc2)CC1. The van der Waals surface area contributed by atoms with Gasteiger partial charge in [-0.05, 0) is 42.7 Å². The van der Waals surface area contributed by atoms with Gasteiger partial charge in [0.2, 0.25) is 0 Å². The third-order valence-corrected chi connectivity index (χ3v) is 4.64. The molecule has 0 bridgehead atoms. The highest BCUT2D eigenvalue weighted by molar-refractivity contribution is 9.10. The molecule has 0 unspecified atom stereocenters. The van der Waals surface area contributed by atoms with Crippen LogP contribution in [-0.4, -0.2) is 12.3 Å². The summed E-state index contributed by atoms with van der Waals surface area (Å²) in [4.78, 5) is 12.4. The van der Waals surface area contributed by atoms with Gasteiger partial charge in [-0.15, -0.1) is 0 Å². The van der Waals surface area contributed by atoms with E-state index in [0.29, 0.717) is 12.1 Å². The Morgan fingerprint density at radius 1 is 1.00 bits per heavy atom. The maximum atomic E-state index is 12.4. The second-order valence-electron chi connectivity index (χ2n) is 5.40. The molecule has 1 saturated carbocycles. The molecule has 0 amide bonds. The van der Waals surface area contributed by atoms with E-state index in [-0.39, 0.29) is 11.2 Å². The Labute approximate surface area is 127 Å². The van der Waals surface area contributed by atoms with Gasteiger partial charge >= 0.3 is 0 Å². The number of rotatable bonds is 4. The molecular formula is C17H16BrNO. The number of hydrogen-bond acceptors (Lipinski definition) is 2. The minimum Gasteiger partial charge on any atom is -0.330 e. The fourth-order valence-electron chi connectivity index (χ4n) is 2.50. The van der Waals surface area contributed by atoms with E-state index in [0.717, 1.165) is 22.9 Å². The highest BCUT2D eigenvalue weighted by atomic mass is 79.9. The van der Waals surface area contributed by atoms with Gasteiger partial charge in [-0.2, -0.15) is 0 Å². The van der Waals surface area contributed by atoms with E-state index >= 15 is 0 Å². The number of hydrogen-bond donors (Lipinski definition) is 1. The Bertz CT molecular complexity index is 627. The van der Waals surface area contributed by atoms with Gasteiger partial charge < -0.3 is 5.73 Å². The number of carbonyl (C=O) groups excluding carboxylic acids is 1. The summed E-state index contributed by atoms with van der Waals surface area (Å²) >= 11 is 3.37. The lowest BCUT2D eigenvalue weighted by Gasteiger charge is -2.13. The molecule has 0 spiro atoms. The van der Waals surface area contributed by atoms with Crippen LogP contribution < -0.4 is 5.73 Å². The smallest absolute Gasteiger partial charge is 0.193 e. The van der Waals surface area contributed by atoms with Crippen LogP contribution in [0.5, 0.6) is 0 Å². The quantitative estimate of drug-likeness (QED) is 0.869. The molecule has 2 N–H and O–H groups in total. The van der Waals surface area contributed by atoms with Gasteiger partial charge in [0.25, 0.3) is 0 Å². The minimum absolute atomic E-state index is 0.0571. The third-order valence-electron chi connectivity index (χ3n) is 4.11. The zero-order valence-electron chi connectivity index (χ0n) is 11.1. The summed E-state index contributed by atoms with van der Waals surface area (Å²) < 4.78 is 0.975. The van der Waals surface area contributed by atoms with Crippen molar-refractivity contribution in [1.82, 2.24) is 0 Å². The van der Waals surface area contributed by atoms with Gasteiger partial charge in [0.15, 0.2) is 5.78 Å². The molecule has 1 fully saturated rings. The number of benzene rings is 2. The van der Waals surface area contributed by atoms with Gasteiger partial charge in [-0.25, -0.2) is 0 Å². The van der Waals surface area contributed by atoms with E-state index in [4.69, 9.17) is 5.73 Å². The van der Waals surface area contributed by atoms with Gasteiger partial charge in [-0.1, -0.05) is 40.2 Å². The highest BCUT2D eigenvalue weighted by Gasteiger charge is 2.42. The first-order valence-corrected chi connectivity index (χ1v) is 7.55. The van der Waals surface area contributed by atoms with Gasteiger partial charge in [-0.3, -0.25) is 4.79 Å². The second-order valence-corrected chi connectivity index (χ2v) is 6.31. The van der Waals surface area contributed by atoms with Crippen LogP contribution >= 0.6 is 15.9 Å². The van der Waals surface area contributed by atoms with E-state index in [1.54, 1.807) is 0 Å². The Morgan fingerprint density at radius 3 is 1.95 bits per heavy atom. The summed E-state index contributed by atoms with van der Waals surface area (Å²) in [6.45, 7) is 0.688. The van der Waals surface area contributed by atoms with Crippen molar-refractivity contribution < 1.29 is 4.79 Å². The summed E-state index contributed by atoms with van der Waals surface area (Å²) in [7, 11) is 0. The lowest BCUT2D eigenvalue weighted by atomic mass is 9.93. The van der Waals surface area contributed by atoms with E-state index in [9.17, 15) is 4.79 Å². The molecule has 20 heavy (non-hydrogen) atoms. The Morgan fingerprint density at radius 2 is 1.50 bits per heavy atom. The Hall–Kier alpha value is -1.45. The van der Waals surface area contributed by atoms with Crippen LogP contribution in [0.1, 0.15) is 34.3 Å². The van der Waals surface area contributed by atoms with E-state index < -0.39 is 0 Å². The molecule has 3 rings (SSSR count). The predicted molar refractivity (Wildman–Crippen MR) is 84.0 cm³/mol. The van der Waals surface area contributed by atoms with Crippen molar-refractivity contribution in [2.24, 2.45) is 5.73 Å². The molecular weight excluding hydrogens is 314 g/mol. The van der Waals surface area contributed by atoms with E-state index in [1.807, 2.05) is 48.5 Å². The van der Waals surface area contributed by atoms with Gasteiger partial charge in [0.05, 0.1) is 0 Å². The lowest BCUT2D eigenvalue weighted by Crippen LogP contribution is -2.19. The van der Waals surface area contributed by atoms with Crippen molar-refractivity contribution in [3.8, 4) is 0 Å². The fraction of sp³-hybridized carbons (Fsp3) is 0.235. The molecule has 2 aromatic rings. The van der Waals surface area contributed by atoms with Crippen molar-refractivity contribution in [1.29, 1.82) is 0 Å². The van der Waals surface area contributed by atoms with E-state index in [1.165, 1.54) is 5.56 Å². The van der Waals surface area contributed by atoms with Crippen LogP contribution in [0.3, 0.4) is 0 Å². The maximum Gasteiger partial charge on any atom is 0.193 e. The number of carbonyl (C=O) groups is 1. The fourth-order valence-corrected chi connectivity index (χ4v) is 2.77. The van der Waals surface area contributed by atoms with Crippen molar-refractivity contribution in [3.05, 3.63) is 69.7 Å². The zero-order chi connectivity index (χ0) is 14.2. The van der Waals surface area contributed by atoms with Crippen LogP contribution in [-0.2, 0) is 5.41 Å². The summed E-state index contributed by atoms with van der Waals surface area (Å²) in [6, 6.07) is 15.4. The van der Waals surface area contributed by atoms with Crippen LogP contribution in [0.25, 0.3) is 0 Å². The molecule has 0 atom stereocenters. The van der Waals surface area contributed by atoms with Crippen molar-refractivity contribution in [2.45, 2.75) is 18.3 Å². The molecule has 0 aromatic heterocycles. The molecule has 102 valence electrons. The van der Waals surface area contributed by atoms with Crippen LogP contribution in [0.15, 0.2) is 53.0 Å². The van der Waals surface area contributed by atoms with Gasteiger partial charge in [0, 0.05) is 27.6 Å². The molecule has 0 aliphatic heterocycles. The summed E-state index contributed by atoms with van der Waals surface area (Å²) in [5.74, 6) is 0.0571. The van der Waals surface area contributed by atoms with Crippen molar-refractivity contribution in [2.75, 3.05) is 6.54 Å². The predicted octanol–water partition coefficient (Wildman–Crippen LogP) is 3.67. The van der Waals surface area contributed by atoms with Gasteiger partial charge in [0.1, 0.15) is 0 Å². The average Bonchev–Trinajstić information content (AvgIpc) is 3.29.